The molecule has 3 heterocycles. The summed E-state index contributed by atoms with van der Waals surface area (Å²) in [7, 11) is 0. The van der Waals surface area contributed by atoms with Gasteiger partial charge in [-0.25, -0.2) is 9.18 Å². The molecular formula is C15H9FN4O4. The fraction of sp³-hybridized carbons (Fsp3) is 0.0667. The summed E-state index contributed by atoms with van der Waals surface area (Å²) in [5.74, 6) is -0.186. The minimum Gasteiger partial charge on any atom is -0.459 e. The third-order valence-corrected chi connectivity index (χ3v) is 3.19. The van der Waals surface area contributed by atoms with Crippen molar-refractivity contribution < 1.29 is 17.7 Å². The second-order valence-electron chi connectivity index (χ2n) is 4.83. The summed E-state index contributed by atoms with van der Waals surface area (Å²) in [6.07, 6.45) is 1.45. The molecule has 4 rings (SSSR count). The molecule has 0 atom stereocenters. The van der Waals surface area contributed by atoms with E-state index in [1.807, 2.05) is 0 Å². The Morgan fingerprint density at radius 2 is 1.96 bits per heavy atom. The Bertz CT molecular complexity index is 1010. The Morgan fingerprint density at radius 1 is 1.12 bits per heavy atom. The van der Waals surface area contributed by atoms with Gasteiger partial charge in [0.25, 0.3) is 11.8 Å². The Balaban J connectivity index is 1.58. The Kier molecular flexibility index (Phi) is 3.30. The minimum atomic E-state index is -0.672. The molecule has 0 unspecified atom stereocenters. The maximum Gasteiger partial charge on any atom is 0.437 e. The molecule has 0 aliphatic heterocycles. The van der Waals surface area contributed by atoms with Crippen molar-refractivity contribution in [3.63, 3.8) is 0 Å². The van der Waals surface area contributed by atoms with Gasteiger partial charge in [-0.2, -0.15) is 9.67 Å². The summed E-state index contributed by atoms with van der Waals surface area (Å²) in [6, 6.07) is 8.89. The second-order valence-corrected chi connectivity index (χ2v) is 4.83. The van der Waals surface area contributed by atoms with E-state index in [1.54, 1.807) is 12.1 Å². The highest BCUT2D eigenvalue weighted by atomic mass is 19.1. The van der Waals surface area contributed by atoms with Crippen molar-refractivity contribution in [1.82, 2.24) is 19.9 Å². The van der Waals surface area contributed by atoms with Gasteiger partial charge >= 0.3 is 5.76 Å². The third-order valence-electron chi connectivity index (χ3n) is 3.19. The highest BCUT2D eigenvalue weighted by Gasteiger charge is 2.15. The van der Waals surface area contributed by atoms with Gasteiger partial charge in [-0.05, 0) is 36.4 Å². The second kappa shape index (κ2) is 5.61. The molecule has 0 saturated heterocycles. The highest BCUT2D eigenvalue weighted by Crippen LogP contribution is 2.18. The average molecular weight is 328 g/mol. The first-order chi connectivity index (χ1) is 11.7. The first kappa shape index (κ1) is 14.1. The first-order valence-electron chi connectivity index (χ1n) is 6.89. The standard InChI is InChI=1S/C15H9FN4O4/c16-10-5-3-9(4-6-10)13-17-12(19-24-13)8-20-15(21)23-14(18-20)11-2-1-7-22-11/h1-7H,8H2. The predicted octanol–water partition coefficient (Wildman–Crippen LogP) is 2.33. The summed E-state index contributed by atoms with van der Waals surface area (Å²) >= 11 is 0. The Morgan fingerprint density at radius 3 is 2.71 bits per heavy atom. The normalized spacial score (nSPS) is 11.0. The van der Waals surface area contributed by atoms with E-state index in [9.17, 15) is 9.18 Å². The molecule has 9 heteroatoms. The van der Waals surface area contributed by atoms with Crippen molar-refractivity contribution in [2.75, 3.05) is 0 Å². The van der Waals surface area contributed by atoms with Crippen LogP contribution in [0.5, 0.6) is 0 Å². The number of hydrogen-bond donors (Lipinski definition) is 0. The van der Waals surface area contributed by atoms with Crippen LogP contribution in [0.1, 0.15) is 5.82 Å². The quantitative estimate of drug-likeness (QED) is 0.566. The maximum atomic E-state index is 12.9. The molecule has 0 spiro atoms. The first-order valence-corrected chi connectivity index (χ1v) is 6.89. The molecule has 0 radical (unpaired) electrons. The fourth-order valence-electron chi connectivity index (χ4n) is 2.07. The van der Waals surface area contributed by atoms with Crippen molar-refractivity contribution in [2.24, 2.45) is 0 Å². The molecule has 0 amide bonds. The lowest BCUT2D eigenvalue weighted by Crippen LogP contribution is -2.17. The van der Waals surface area contributed by atoms with Crippen LogP contribution in [-0.2, 0) is 6.54 Å². The number of furan rings is 1. The Hall–Kier alpha value is -3.49. The number of nitrogens with zero attached hydrogens (tertiary/aromatic N) is 4. The van der Waals surface area contributed by atoms with Crippen molar-refractivity contribution in [2.45, 2.75) is 6.54 Å². The molecule has 0 aliphatic carbocycles. The van der Waals surface area contributed by atoms with E-state index in [2.05, 4.69) is 15.2 Å². The summed E-state index contributed by atoms with van der Waals surface area (Å²) in [6.45, 7) is -0.0340. The van der Waals surface area contributed by atoms with Crippen molar-refractivity contribution in [3.8, 4) is 23.1 Å². The molecule has 8 nitrogen and oxygen atoms in total. The molecule has 0 aliphatic rings. The van der Waals surface area contributed by atoms with Gasteiger partial charge in [-0.1, -0.05) is 5.16 Å². The largest absolute Gasteiger partial charge is 0.459 e. The van der Waals surface area contributed by atoms with Crippen LogP contribution in [0.15, 0.2) is 60.8 Å². The lowest BCUT2D eigenvalue weighted by Gasteiger charge is -1.93. The van der Waals surface area contributed by atoms with Crippen LogP contribution in [0.25, 0.3) is 23.1 Å². The van der Waals surface area contributed by atoms with Gasteiger partial charge in [-0.3, -0.25) is 0 Å². The van der Waals surface area contributed by atoms with Crippen LogP contribution >= 0.6 is 0 Å². The zero-order valence-corrected chi connectivity index (χ0v) is 12.0. The minimum absolute atomic E-state index is 0.0340. The molecule has 0 bridgehead atoms. The van der Waals surface area contributed by atoms with E-state index in [-0.39, 0.29) is 30.0 Å². The zero-order chi connectivity index (χ0) is 16.5. The van der Waals surface area contributed by atoms with Crippen LogP contribution in [-0.4, -0.2) is 19.9 Å². The summed E-state index contributed by atoms with van der Waals surface area (Å²) in [5.41, 5.74) is 0.568. The maximum absolute atomic E-state index is 12.9. The molecule has 0 saturated carbocycles. The smallest absolute Gasteiger partial charge is 0.437 e. The van der Waals surface area contributed by atoms with E-state index in [4.69, 9.17) is 13.4 Å². The van der Waals surface area contributed by atoms with Gasteiger partial charge in [0.2, 0.25) is 0 Å². The van der Waals surface area contributed by atoms with E-state index in [0.29, 0.717) is 11.3 Å². The summed E-state index contributed by atoms with van der Waals surface area (Å²) in [5, 5.41) is 7.79. The monoisotopic (exact) mass is 328 g/mol. The van der Waals surface area contributed by atoms with Gasteiger partial charge in [0.1, 0.15) is 12.4 Å². The molecule has 0 N–H and O–H groups in total. The number of aromatic nitrogens is 4. The topological polar surface area (TPSA) is 100 Å². The van der Waals surface area contributed by atoms with Crippen LogP contribution in [0.4, 0.5) is 4.39 Å². The molecule has 4 aromatic rings. The predicted molar refractivity (Wildman–Crippen MR) is 77.3 cm³/mol. The number of rotatable bonds is 4. The zero-order valence-electron chi connectivity index (χ0n) is 12.0. The summed E-state index contributed by atoms with van der Waals surface area (Å²) < 4.78 is 29.2. The summed E-state index contributed by atoms with van der Waals surface area (Å²) in [4.78, 5) is 16.0. The van der Waals surface area contributed by atoms with Crippen LogP contribution in [0.3, 0.4) is 0 Å². The van der Waals surface area contributed by atoms with E-state index in [0.717, 1.165) is 4.68 Å². The van der Waals surface area contributed by atoms with E-state index in [1.165, 1.54) is 30.5 Å². The molecule has 1 aromatic carbocycles. The van der Waals surface area contributed by atoms with Crippen LogP contribution in [0, 0.1) is 5.82 Å². The number of hydrogen-bond acceptors (Lipinski definition) is 7. The van der Waals surface area contributed by atoms with Crippen molar-refractivity contribution in [3.05, 3.63) is 64.9 Å². The van der Waals surface area contributed by atoms with Crippen LogP contribution in [0.2, 0.25) is 0 Å². The number of benzene rings is 1. The van der Waals surface area contributed by atoms with Gasteiger partial charge in [0.05, 0.1) is 6.26 Å². The molecule has 24 heavy (non-hydrogen) atoms. The highest BCUT2D eigenvalue weighted by molar-refractivity contribution is 5.52. The van der Waals surface area contributed by atoms with Crippen LogP contribution < -0.4 is 5.76 Å². The van der Waals surface area contributed by atoms with E-state index < -0.39 is 5.76 Å². The molecule has 0 fully saturated rings. The van der Waals surface area contributed by atoms with E-state index >= 15 is 0 Å². The molecular weight excluding hydrogens is 319 g/mol. The SMILES string of the molecule is O=c1oc(-c2ccco2)nn1Cc1noc(-c2ccc(F)cc2)n1. The molecule has 120 valence electrons. The third kappa shape index (κ3) is 2.62. The molecule has 3 aromatic heterocycles. The van der Waals surface area contributed by atoms with Gasteiger partial charge in [-0.15, -0.1) is 5.10 Å². The van der Waals surface area contributed by atoms with Gasteiger partial charge < -0.3 is 13.4 Å². The average Bonchev–Trinajstić information content (AvgIpc) is 3.31. The lowest BCUT2D eigenvalue weighted by molar-refractivity contribution is 0.415. The fourth-order valence-corrected chi connectivity index (χ4v) is 2.07. The van der Waals surface area contributed by atoms with Crippen molar-refractivity contribution in [1.29, 1.82) is 0 Å². The van der Waals surface area contributed by atoms with Gasteiger partial charge in [0, 0.05) is 5.56 Å². The van der Waals surface area contributed by atoms with Crippen molar-refractivity contribution >= 4 is 0 Å². The number of halogens is 1. The van der Waals surface area contributed by atoms with Gasteiger partial charge in [0.15, 0.2) is 11.6 Å². The Labute approximate surface area is 133 Å². The lowest BCUT2D eigenvalue weighted by atomic mass is 10.2.